The quantitative estimate of drug-likeness (QED) is 0.331. The molecule has 0 amide bonds. The Morgan fingerprint density at radius 3 is 2.37 bits per heavy atom. The van der Waals surface area contributed by atoms with E-state index in [0.29, 0.717) is 0 Å². The minimum atomic E-state index is -0.955. The SMILES string of the molecule is C[C@@H](c1ccccn1)n1cc(-c2ccc(C(=O)O)cc2)c2ccc(-c3cc(Cl)c(=O)n(C)c3)cc21. The topological polar surface area (TPSA) is 77.1 Å². The summed E-state index contributed by atoms with van der Waals surface area (Å²) in [5.41, 5.74) is 5.59. The van der Waals surface area contributed by atoms with E-state index in [-0.39, 0.29) is 22.2 Å². The number of aromatic carboxylic acids is 1. The lowest BCUT2D eigenvalue weighted by Crippen LogP contribution is -2.16. The fraction of sp³-hybridized carbons (Fsp3) is 0.107. The van der Waals surface area contributed by atoms with Crippen LogP contribution in [-0.4, -0.2) is 25.2 Å². The fourth-order valence-corrected chi connectivity index (χ4v) is 4.62. The first-order valence-corrected chi connectivity index (χ1v) is 11.5. The van der Waals surface area contributed by atoms with E-state index in [1.54, 1.807) is 37.6 Å². The summed E-state index contributed by atoms with van der Waals surface area (Å²) in [7, 11) is 1.68. The molecule has 5 aromatic rings. The number of hydrogen-bond donors (Lipinski definition) is 1. The third-order valence-corrected chi connectivity index (χ3v) is 6.55. The molecule has 0 aliphatic carbocycles. The molecule has 174 valence electrons. The summed E-state index contributed by atoms with van der Waals surface area (Å²) in [6, 6.07) is 20.5. The van der Waals surface area contributed by atoms with Gasteiger partial charge in [-0.3, -0.25) is 9.78 Å². The Labute approximate surface area is 206 Å². The molecular weight excluding hydrogens is 462 g/mol. The molecule has 1 atom stereocenters. The number of carbonyl (C=O) groups is 1. The molecule has 1 N–H and O–H groups in total. The number of rotatable bonds is 5. The van der Waals surface area contributed by atoms with Gasteiger partial charge in [-0.2, -0.15) is 0 Å². The van der Waals surface area contributed by atoms with E-state index in [2.05, 4.69) is 28.7 Å². The molecule has 0 saturated carbocycles. The van der Waals surface area contributed by atoms with Crippen LogP contribution in [0.5, 0.6) is 0 Å². The van der Waals surface area contributed by atoms with E-state index in [0.717, 1.165) is 38.9 Å². The lowest BCUT2D eigenvalue weighted by molar-refractivity contribution is 0.0697. The molecule has 0 saturated heterocycles. The fourth-order valence-electron chi connectivity index (χ4n) is 4.37. The predicted octanol–water partition coefficient (Wildman–Crippen LogP) is 6.03. The van der Waals surface area contributed by atoms with Gasteiger partial charge < -0.3 is 14.2 Å². The van der Waals surface area contributed by atoms with Crippen molar-refractivity contribution in [2.75, 3.05) is 0 Å². The van der Waals surface area contributed by atoms with Crippen molar-refractivity contribution in [2.45, 2.75) is 13.0 Å². The molecule has 7 heteroatoms. The molecule has 0 fully saturated rings. The third-order valence-electron chi connectivity index (χ3n) is 6.28. The van der Waals surface area contributed by atoms with Crippen LogP contribution in [0.4, 0.5) is 0 Å². The summed E-state index contributed by atoms with van der Waals surface area (Å²) in [5.74, 6) is -0.955. The summed E-state index contributed by atoms with van der Waals surface area (Å²) < 4.78 is 3.65. The van der Waals surface area contributed by atoms with E-state index in [4.69, 9.17) is 11.6 Å². The second kappa shape index (κ2) is 8.89. The van der Waals surface area contributed by atoms with Crippen LogP contribution in [0.2, 0.25) is 5.02 Å². The number of carboxylic acid groups (broad SMARTS) is 1. The van der Waals surface area contributed by atoms with Gasteiger partial charge in [-0.05, 0) is 60.0 Å². The van der Waals surface area contributed by atoms with Crippen molar-refractivity contribution in [3.8, 4) is 22.3 Å². The van der Waals surface area contributed by atoms with E-state index in [1.807, 2.05) is 42.5 Å². The minimum Gasteiger partial charge on any atom is -0.478 e. The number of nitrogens with zero attached hydrogens (tertiary/aromatic N) is 3. The highest BCUT2D eigenvalue weighted by atomic mass is 35.5. The van der Waals surface area contributed by atoms with Crippen molar-refractivity contribution in [1.82, 2.24) is 14.1 Å². The standard InChI is InChI=1S/C28H22ClN3O3/c1-17(25-5-3-4-12-30-25)32-16-23(18-6-8-19(9-7-18)28(34)35)22-11-10-20(14-26(22)32)21-13-24(29)27(33)31(2)15-21/h3-17H,1-2H3,(H,34,35)/t17-/m0/s1. The number of halogens is 1. The second-order valence-electron chi connectivity index (χ2n) is 8.49. The average molecular weight is 484 g/mol. The average Bonchev–Trinajstić information content (AvgIpc) is 3.26. The molecule has 0 aliphatic heterocycles. The number of fused-ring (bicyclic) bond motifs is 1. The molecule has 35 heavy (non-hydrogen) atoms. The molecule has 5 rings (SSSR count). The lowest BCUT2D eigenvalue weighted by Gasteiger charge is -2.15. The van der Waals surface area contributed by atoms with Crippen LogP contribution >= 0.6 is 11.6 Å². The van der Waals surface area contributed by atoms with Gasteiger partial charge in [0.25, 0.3) is 5.56 Å². The maximum absolute atomic E-state index is 12.1. The first-order valence-electron chi connectivity index (χ1n) is 11.1. The van der Waals surface area contributed by atoms with Gasteiger partial charge in [-0.15, -0.1) is 0 Å². The van der Waals surface area contributed by atoms with Gasteiger partial charge in [-0.25, -0.2) is 4.79 Å². The van der Waals surface area contributed by atoms with Crippen LogP contribution in [-0.2, 0) is 7.05 Å². The number of pyridine rings is 2. The number of aryl methyl sites for hydroxylation is 1. The largest absolute Gasteiger partial charge is 0.478 e. The Morgan fingerprint density at radius 2 is 1.71 bits per heavy atom. The Kier molecular flexibility index (Phi) is 5.75. The summed E-state index contributed by atoms with van der Waals surface area (Å²) in [4.78, 5) is 27.9. The highest BCUT2D eigenvalue weighted by Crippen LogP contribution is 2.36. The van der Waals surface area contributed by atoms with Crippen molar-refractivity contribution < 1.29 is 9.90 Å². The van der Waals surface area contributed by atoms with Crippen LogP contribution in [0.3, 0.4) is 0 Å². The second-order valence-corrected chi connectivity index (χ2v) is 8.90. The van der Waals surface area contributed by atoms with Crippen molar-refractivity contribution in [2.24, 2.45) is 7.05 Å². The minimum absolute atomic E-state index is 0.0512. The lowest BCUT2D eigenvalue weighted by atomic mass is 10.0. The van der Waals surface area contributed by atoms with Crippen molar-refractivity contribution in [3.05, 3.63) is 112 Å². The highest BCUT2D eigenvalue weighted by molar-refractivity contribution is 6.30. The predicted molar refractivity (Wildman–Crippen MR) is 138 cm³/mol. The number of carboxylic acids is 1. The molecule has 0 unspecified atom stereocenters. The third kappa shape index (κ3) is 4.13. The summed E-state index contributed by atoms with van der Waals surface area (Å²) in [6.45, 7) is 2.09. The van der Waals surface area contributed by atoms with Crippen LogP contribution < -0.4 is 5.56 Å². The van der Waals surface area contributed by atoms with Crippen LogP contribution in [0, 0.1) is 0 Å². The Morgan fingerprint density at radius 1 is 0.971 bits per heavy atom. The van der Waals surface area contributed by atoms with Crippen molar-refractivity contribution >= 4 is 28.5 Å². The first-order chi connectivity index (χ1) is 16.8. The van der Waals surface area contributed by atoms with Crippen LogP contribution in [0.15, 0.2) is 90.1 Å². The molecule has 3 heterocycles. The number of benzene rings is 2. The monoisotopic (exact) mass is 483 g/mol. The Bertz CT molecular complexity index is 1590. The van der Waals surface area contributed by atoms with E-state index in [9.17, 15) is 14.7 Å². The molecule has 0 bridgehead atoms. The smallest absolute Gasteiger partial charge is 0.335 e. The van der Waals surface area contributed by atoms with Gasteiger partial charge in [0.2, 0.25) is 0 Å². The highest BCUT2D eigenvalue weighted by Gasteiger charge is 2.18. The Balaban J connectivity index is 1.72. The number of aromatic nitrogens is 3. The zero-order chi connectivity index (χ0) is 24.7. The number of hydrogen-bond acceptors (Lipinski definition) is 3. The van der Waals surface area contributed by atoms with Crippen LogP contribution in [0.1, 0.15) is 29.0 Å². The molecular formula is C28H22ClN3O3. The first kappa shape index (κ1) is 22.6. The summed E-state index contributed by atoms with van der Waals surface area (Å²) in [5, 5.41) is 10.5. The molecule has 0 spiro atoms. The maximum atomic E-state index is 12.1. The van der Waals surface area contributed by atoms with Gasteiger partial charge in [0.15, 0.2) is 0 Å². The maximum Gasteiger partial charge on any atom is 0.335 e. The van der Waals surface area contributed by atoms with E-state index < -0.39 is 5.97 Å². The van der Waals surface area contributed by atoms with Crippen LogP contribution in [0.25, 0.3) is 33.2 Å². The Hall–Kier alpha value is -4.16. The molecule has 3 aromatic heterocycles. The van der Waals surface area contributed by atoms with Crippen molar-refractivity contribution in [1.29, 1.82) is 0 Å². The van der Waals surface area contributed by atoms with Gasteiger partial charge in [-0.1, -0.05) is 41.9 Å². The van der Waals surface area contributed by atoms with Gasteiger partial charge >= 0.3 is 5.97 Å². The zero-order valence-electron chi connectivity index (χ0n) is 19.1. The summed E-state index contributed by atoms with van der Waals surface area (Å²) >= 11 is 6.18. The van der Waals surface area contributed by atoms with E-state index in [1.165, 1.54) is 4.57 Å². The molecule has 0 radical (unpaired) electrons. The van der Waals surface area contributed by atoms with E-state index >= 15 is 0 Å². The van der Waals surface area contributed by atoms with Gasteiger partial charge in [0.1, 0.15) is 5.02 Å². The molecule has 0 aliphatic rings. The van der Waals surface area contributed by atoms with Gasteiger partial charge in [0, 0.05) is 42.1 Å². The zero-order valence-corrected chi connectivity index (χ0v) is 19.9. The summed E-state index contributed by atoms with van der Waals surface area (Å²) in [6.07, 6.45) is 5.63. The molecule has 6 nitrogen and oxygen atoms in total. The normalized spacial score (nSPS) is 12.1. The molecule has 2 aromatic carbocycles. The van der Waals surface area contributed by atoms with Crippen molar-refractivity contribution in [3.63, 3.8) is 0 Å². The van der Waals surface area contributed by atoms with Gasteiger partial charge in [0.05, 0.1) is 17.3 Å².